The van der Waals surface area contributed by atoms with E-state index in [1.54, 1.807) is 0 Å². The highest BCUT2D eigenvalue weighted by Crippen LogP contribution is 2.54. The number of rotatable bonds is 7. The van der Waals surface area contributed by atoms with E-state index in [0.717, 1.165) is 44.7 Å². The van der Waals surface area contributed by atoms with Crippen LogP contribution >= 0.6 is 0 Å². The van der Waals surface area contributed by atoms with E-state index in [2.05, 4.69) is 230 Å². The van der Waals surface area contributed by atoms with E-state index in [0.29, 0.717) is 0 Å². The van der Waals surface area contributed by atoms with Crippen molar-refractivity contribution in [2.45, 2.75) is 12.3 Å². The van der Waals surface area contributed by atoms with Gasteiger partial charge in [-0.15, -0.1) is 0 Å². The number of furan rings is 1. The van der Waals surface area contributed by atoms with Crippen molar-refractivity contribution in [3.8, 4) is 44.5 Å². The van der Waals surface area contributed by atoms with Gasteiger partial charge in [-0.3, -0.25) is 0 Å². The van der Waals surface area contributed by atoms with Gasteiger partial charge in [0.1, 0.15) is 11.2 Å². The molecule has 0 atom stereocenters. The van der Waals surface area contributed by atoms with Gasteiger partial charge < -0.3 is 9.32 Å². The van der Waals surface area contributed by atoms with Gasteiger partial charge in [-0.05, 0) is 123 Å². The Morgan fingerprint density at radius 1 is 0.345 bits per heavy atom. The monoisotopic (exact) mass is 741 g/mol. The minimum atomic E-state index is -0.312. The summed E-state index contributed by atoms with van der Waals surface area (Å²) in [6, 6.07) is 78.6. The maximum atomic E-state index is 6.69. The predicted octanol–water partition coefficient (Wildman–Crippen LogP) is 15.4. The predicted molar refractivity (Wildman–Crippen MR) is 242 cm³/mol. The molecule has 0 bridgehead atoms. The molecule has 58 heavy (non-hydrogen) atoms. The lowest BCUT2D eigenvalue weighted by atomic mass is 9.73. The van der Waals surface area contributed by atoms with Gasteiger partial charge in [-0.2, -0.15) is 0 Å². The first-order chi connectivity index (χ1) is 28.6. The lowest BCUT2D eigenvalue weighted by Gasteiger charge is -2.29. The van der Waals surface area contributed by atoms with Crippen LogP contribution in [0.2, 0.25) is 0 Å². The molecule has 2 heteroatoms. The number of benzene rings is 9. The van der Waals surface area contributed by atoms with Crippen molar-refractivity contribution in [3.05, 3.63) is 235 Å². The van der Waals surface area contributed by atoms with Crippen LogP contribution in [-0.2, 0) is 5.41 Å². The normalized spacial score (nSPS) is 12.7. The Morgan fingerprint density at radius 2 is 0.759 bits per heavy atom. The molecule has 274 valence electrons. The van der Waals surface area contributed by atoms with Crippen LogP contribution in [0.25, 0.3) is 66.4 Å². The third-order valence-electron chi connectivity index (χ3n) is 12.2. The molecule has 0 radical (unpaired) electrons. The SMILES string of the molecule is CC1(c2cccc3oc4cc(-c5ccc(N(c6ccc(-c7ccccc7)cc6)c6ccc(-c7ccccc7)cc6)cc5)ccc4c23)c2ccccc2-c2ccccc21. The lowest BCUT2D eigenvalue weighted by molar-refractivity contribution is 0.666. The first-order valence-electron chi connectivity index (χ1n) is 20.0. The van der Waals surface area contributed by atoms with Crippen LogP contribution in [0.15, 0.2) is 223 Å². The van der Waals surface area contributed by atoms with Crippen molar-refractivity contribution in [2.24, 2.45) is 0 Å². The van der Waals surface area contributed by atoms with Crippen LogP contribution in [0.5, 0.6) is 0 Å². The Hall–Kier alpha value is -7.42. The largest absolute Gasteiger partial charge is 0.456 e. The first-order valence-corrected chi connectivity index (χ1v) is 20.0. The molecule has 1 aromatic heterocycles. The topological polar surface area (TPSA) is 16.4 Å². The molecule has 0 saturated heterocycles. The smallest absolute Gasteiger partial charge is 0.136 e. The van der Waals surface area contributed by atoms with E-state index < -0.39 is 0 Å². The molecule has 1 heterocycles. The van der Waals surface area contributed by atoms with Crippen molar-refractivity contribution < 1.29 is 4.42 Å². The molecule has 0 amide bonds. The van der Waals surface area contributed by atoms with E-state index in [4.69, 9.17) is 4.42 Å². The van der Waals surface area contributed by atoms with Crippen molar-refractivity contribution in [1.29, 1.82) is 0 Å². The van der Waals surface area contributed by atoms with E-state index in [9.17, 15) is 0 Å². The van der Waals surface area contributed by atoms with Crippen molar-refractivity contribution in [2.75, 3.05) is 4.90 Å². The number of nitrogens with zero attached hydrogens (tertiary/aromatic N) is 1. The number of anilines is 3. The molecular weight excluding hydrogens is 703 g/mol. The Morgan fingerprint density at radius 3 is 1.28 bits per heavy atom. The van der Waals surface area contributed by atoms with Crippen molar-refractivity contribution in [1.82, 2.24) is 0 Å². The van der Waals surface area contributed by atoms with Gasteiger partial charge in [0.2, 0.25) is 0 Å². The first kappa shape index (κ1) is 33.9. The molecule has 0 unspecified atom stereocenters. The molecule has 0 aliphatic heterocycles. The van der Waals surface area contributed by atoms with Crippen LogP contribution in [0, 0.1) is 0 Å². The summed E-state index contributed by atoms with van der Waals surface area (Å²) < 4.78 is 6.69. The van der Waals surface area contributed by atoms with Crippen LogP contribution < -0.4 is 4.90 Å². The molecule has 2 nitrogen and oxygen atoms in total. The van der Waals surface area contributed by atoms with E-state index >= 15 is 0 Å². The standard InChI is InChI=1S/C56H39NO/c1-56(50-19-10-8-17-47(50)48-18-9-11-20-51(48)56)52-21-12-22-53-55(52)49-36-29-43(37-54(49)58-53)42-27-34-46(35-28-42)57(44-30-23-40(24-31-44)38-13-4-2-5-14-38)45-32-25-41(26-33-45)39-15-6-3-7-16-39/h2-37H,1H3. The maximum absolute atomic E-state index is 6.69. The van der Waals surface area contributed by atoms with E-state index in [-0.39, 0.29) is 5.41 Å². The minimum absolute atomic E-state index is 0.312. The quantitative estimate of drug-likeness (QED) is 0.162. The molecule has 0 saturated carbocycles. The fourth-order valence-electron chi connectivity index (χ4n) is 9.28. The van der Waals surface area contributed by atoms with Crippen LogP contribution in [0.4, 0.5) is 17.1 Å². The summed E-state index contributed by atoms with van der Waals surface area (Å²) in [4.78, 5) is 2.33. The average Bonchev–Trinajstić information content (AvgIpc) is 3.80. The zero-order valence-corrected chi connectivity index (χ0v) is 32.1. The second kappa shape index (κ2) is 13.7. The Labute approximate surface area is 338 Å². The summed E-state index contributed by atoms with van der Waals surface area (Å²) in [6.45, 7) is 2.37. The van der Waals surface area contributed by atoms with Gasteiger partial charge in [-0.1, -0.05) is 164 Å². The minimum Gasteiger partial charge on any atom is -0.456 e. The summed E-state index contributed by atoms with van der Waals surface area (Å²) in [5.41, 5.74) is 18.4. The summed E-state index contributed by atoms with van der Waals surface area (Å²) >= 11 is 0. The highest BCUT2D eigenvalue weighted by molar-refractivity contribution is 6.09. The second-order valence-corrected chi connectivity index (χ2v) is 15.4. The van der Waals surface area contributed by atoms with Gasteiger partial charge in [-0.25, -0.2) is 0 Å². The molecule has 1 aliphatic carbocycles. The van der Waals surface area contributed by atoms with E-state index in [1.807, 2.05) is 0 Å². The van der Waals surface area contributed by atoms with Gasteiger partial charge in [0.05, 0.1) is 0 Å². The summed E-state index contributed by atoms with van der Waals surface area (Å²) in [6.07, 6.45) is 0. The molecule has 0 spiro atoms. The molecule has 0 fully saturated rings. The Balaban J connectivity index is 0.966. The van der Waals surface area contributed by atoms with Gasteiger partial charge in [0.25, 0.3) is 0 Å². The third-order valence-corrected chi connectivity index (χ3v) is 12.2. The summed E-state index contributed by atoms with van der Waals surface area (Å²) in [5.74, 6) is 0. The zero-order chi connectivity index (χ0) is 38.6. The highest BCUT2D eigenvalue weighted by Gasteiger charge is 2.41. The molecule has 1 aliphatic rings. The summed E-state index contributed by atoms with van der Waals surface area (Å²) in [5, 5.41) is 2.32. The van der Waals surface area contributed by atoms with Crippen LogP contribution in [-0.4, -0.2) is 0 Å². The van der Waals surface area contributed by atoms with Gasteiger partial charge in [0.15, 0.2) is 0 Å². The average molecular weight is 742 g/mol. The molecular formula is C56H39NO. The zero-order valence-electron chi connectivity index (χ0n) is 32.1. The Kier molecular flexibility index (Phi) is 7.97. The van der Waals surface area contributed by atoms with E-state index in [1.165, 1.54) is 55.5 Å². The second-order valence-electron chi connectivity index (χ2n) is 15.4. The highest BCUT2D eigenvalue weighted by atomic mass is 16.3. The fraction of sp³-hybridized carbons (Fsp3) is 0.0357. The number of hydrogen-bond donors (Lipinski definition) is 0. The van der Waals surface area contributed by atoms with Crippen molar-refractivity contribution in [3.63, 3.8) is 0 Å². The Bertz CT molecular complexity index is 2960. The number of fused-ring (bicyclic) bond motifs is 6. The van der Waals surface area contributed by atoms with Crippen LogP contribution in [0.1, 0.15) is 23.6 Å². The molecule has 9 aromatic carbocycles. The summed E-state index contributed by atoms with van der Waals surface area (Å²) in [7, 11) is 0. The third kappa shape index (κ3) is 5.49. The van der Waals surface area contributed by atoms with Gasteiger partial charge in [0, 0.05) is 33.2 Å². The fourth-order valence-corrected chi connectivity index (χ4v) is 9.28. The maximum Gasteiger partial charge on any atom is 0.136 e. The molecule has 0 N–H and O–H groups in total. The number of hydrogen-bond acceptors (Lipinski definition) is 2. The van der Waals surface area contributed by atoms with Gasteiger partial charge >= 0.3 is 0 Å². The lowest BCUT2D eigenvalue weighted by Crippen LogP contribution is -2.22. The molecule has 11 rings (SSSR count). The molecule has 10 aromatic rings. The van der Waals surface area contributed by atoms with Crippen LogP contribution in [0.3, 0.4) is 0 Å². The van der Waals surface area contributed by atoms with Crippen molar-refractivity contribution >= 4 is 39.0 Å².